The highest BCUT2D eigenvalue weighted by molar-refractivity contribution is 5.68. The van der Waals surface area contributed by atoms with Gasteiger partial charge in [0.2, 0.25) is 0 Å². The number of nitrogens with one attached hydrogen (secondary N) is 1. The lowest BCUT2D eigenvalue weighted by molar-refractivity contribution is 0.423. The second-order valence-electron chi connectivity index (χ2n) is 7.17. The van der Waals surface area contributed by atoms with Crippen molar-refractivity contribution in [2.24, 2.45) is 5.92 Å². The summed E-state index contributed by atoms with van der Waals surface area (Å²) >= 11 is 0. The lowest BCUT2D eigenvalue weighted by atomic mass is 9.74. The van der Waals surface area contributed by atoms with Crippen molar-refractivity contribution in [2.45, 2.75) is 39.2 Å². The number of benzene rings is 2. The van der Waals surface area contributed by atoms with Crippen molar-refractivity contribution in [1.82, 2.24) is 0 Å². The van der Waals surface area contributed by atoms with Crippen LogP contribution >= 0.6 is 0 Å². The minimum atomic E-state index is 0.257. The van der Waals surface area contributed by atoms with Gasteiger partial charge in [-0.3, -0.25) is 0 Å². The SMILES string of the molecule is Cc1cc(C)c(C2Nc3c(C#N)cccc3C3C=CCC32)c(C)c1. The van der Waals surface area contributed by atoms with Crippen molar-refractivity contribution in [3.63, 3.8) is 0 Å². The van der Waals surface area contributed by atoms with Crippen molar-refractivity contribution in [3.05, 3.63) is 75.9 Å². The summed E-state index contributed by atoms with van der Waals surface area (Å²) in [4.78, 5) is 0. The summed E-state index contributed by atoms with van der Waals surface area (Å²) in [5.41, 5.74) is 8.44. The van der Waals surface area contributed by atoms with Crippen LogP contribution in [0.15, 0.2) is 42.5 Å². The minimum Gasteiger partial charge on any atom is -0.377 e. The number of rotatable bonds is 1. The molecule has 1 heterocycles. The van der Waals surface area contributed by atoms with E-state index in [1.807, 2.05) is 12.1 Å². The number of hydrogen-bond donors (Lipinski definition) is 1. The van der Waals surface area contributed by atoms with Crippen LogP contribution in [0.1, 0.15) is 51.8 Å². The Hall–Kier alpha value is -2.53. The van der Waals surface area contributed by atoms with Crippen LogP contribution < -0.4 is 5.32 Å². The molecule has 24 heavy (non-hydrogen) atoms. The summed E-state index contributed by atoms with van der Waals surface area (Å²) in [5, 5.41) is 13.3. The zero-order valence-electron chi connectivity index (χ0n) is 14.4. The molecule has 2 aromatic carbocycles. The van der Waals surface area contributed by atoms with Crippen molar-refractivity contribution in [2.75, 3.05) is 5.32 Å². The predicted octanol–water partition coefficient (Wildman–Crippen LogP) is 5.31. The van der Waals surface area contributed by atoms with E-state index in [0.29, 0.717) is 11.8 Å². The third kappa shape index (κ3) is 2.16. The number of hydrogen-bond acceptors (Lipinski definition) is 2. The highest BCUT2D eigenvalue weighted by Crippen LogP contribution is 2.51. The molecule has 0 radical (unpaired) electrons. The van der Waals surface area contributed by atoms with E-state index in [0.717, 1.165) is 17.7 Å². The lowest BCUT2D eigenvalue weighted by Crippen LogP contribution is -2.30. The van der Waals surface area contributed by atoms with Crippen LogP contribution in [0.25, 0.3) is 0 Å². The van der Waals surface area contributed by atoms with Crippen molar-refractivity contribution >= 4 is 5.69 Å². The summed E-state index contributed by atoms with van der Waals surface area (Å²) < 4.78 is 0. The first-order valence-electron chi connectivity index (χ1n) is 8.64. The Kier molecular flexibility index (Phi) is 3.46. The Morgan fingerprint density at radius 2 is 1.88 bits per heavy atom. The van der Waals surface area contributed by atoms with E-state index in [-0.39, 0.29) is 6.04 Å². The van der Waals surface area contributed by atoms with E-state index in [1.54, 1.807) is 0 Å². The molecule has 120 valence electrons. The highest BCUT2D eigenvalue weighted by atomic mass is 15.0. The second-order valence-corrected chi connectivity index (χ2v) is 7.17. The summed E-state index contributed by atoms with van der Waals surface area (Å²) in [6.45, 7) is 6.57. The van der Waals surface area contributed by atoms with E-state index in [4.69, 9.17) is 0 Å². The van der Waals surface area contributed by atoms with Gasteiger partial charge in [-0.25, -0.2) is 0 Å². The van der Waals surface area contributed by atoms with Crippen LogP contribution in [0, 0.1) is 38.0 Å². The van der Waals surface area contributed by atoms with E-state index in [1.165, 1.54) is 27.8 Å². The maximum atomic E-state index is 9.53. The van der Waals surface area contributed by atoms with Gasteiger partial charge in [-0.2, -0.15) is 5.26 Å². The van der Waals surface area contributed by atoms with Crippen LogP contribution in [0.3, 0.4) is 0 Å². The normalized spacial score (nSPS) is 24.0. The Morgan fingerprint density at radius 3 is 2.58 bits per heavy atom. The van der Waals surface area contributed by atoms with Gasteiger partial charge in [0.1, 0.15) is 6.07 Å². The van der Waals surface area contributed by atoms with E-state index in [2.05, 4.69) is 62.5 Å². The van der Waals surface area contributed by atoms with Gasteiger partial charge in [0.15, 0.2) is 0 Å². The van der Waals surface area contributed by atoms with E-state index >= 15 is 0 Å². The molecule has 1 N–H and O–H groups in total. The molecular formula is C22H22N2. The van der Waals surface area contributed by atoms with E-state index < -0.39 is 0 Å². The van der Waals surface area contributed by atoms with Crippen molar-refractivity contribution in [3.8, 4) is 6.07 Å². The maximum Gasteiger partial charge on any atom is 0.101 e. The Morgan fingerprint density at radius 1 is 1.12 bits per heavy atom. The van der Waals surface area contributed by atoms with Crippen LogP contribution in [-0.2, 0) is 0 Å². The molecule has 0 aromatic heterocycles. The molecule has 0 fully saturated rings. The first-order chi connectivity index (χ1) is 11.6. The van der Waals surface area contributed by atoms with Crippen LogP contribution in [-0.4, -0.2) is 0 Å². The first kappa shape index (κ1) is 15.0. The van der Waals surface area contributed by atoms with Gasteiger partial charge in [-0.05, 0) is 61.4 Å². The molecular weight excluding hydrogens is 292 g/mol. The number of fused-ring (bicyclic) bond motifs is 3. The Labute approximate surface area is 143 Å². The lowest BCUT2D eigenvalue weighted by Gasteiger charge is -2.39. The molecule has 0 saturated heterocycles. The van der Waals surface area contributed by atoms with Gasteiger partial charge in [0.05, 0.1) is 17.3 Å². The van der Waals surface area contributed by atoms with Crippen molar-refractivity contribution in [1.29, 1.82) is 5.26 Å². The number of aryl methyl sites for hydroxylation is 3. The number of nitrogens with zero attached hydrogens (tertiary/aromatic N) is 1. The largest absolute Gasteiger partial charge is 0.377 e. The highest BCUT2D eigenvalue weighted by Gasteiger charge is 2.39. The number of allylic oxidation sites excluding steroid dienone is 2. The van der Waals surface area contributed by atoms with Crippen LogP contribution in [0.2, 0.25) is 0 Å². The van der Waals surface area contributed by atoms with Gasteiger partial charge < -0.3 is 5.32 Å². The Bertz CT molecular complexity index is 862. The monoisotopic (exact) mass is 314 g/mol. The number of para-hydroxylation sites is 1. The smallest absolute Gasteiger partial charge is 0.101 e. The average molecular weight is 314 g/mol. The summed E-state index contributed by atoms with van der Waals surface area (Å²) in [6, 6.07) is 13.2. The number of nitriles is 1. The molecule has 0 saturated carbocycles. The predicted molar refractivity (Wildman–Crippen MR) is 98.2 cm³/mol. The standard InChI is InChI=1S/C22H22N2/c1-13-10-14(2)20(15(3)11-13)22-19-9-5-7-17(19)18-8-4-6-16(12-23)21(18)24-22/h4-8,10-11,17,19,22,24H,9H2,1-3H3. The van der Waals surface area contributed by atoms with E-state index in [9.17, 15) is 5.26 Å². The summed E-state index contributed by atoms with van der Waals surface area (Å²) in [7, 11) is 0. The fourth-order valence-corrected chi connectivity index (χ4v) is 4.68. The molecule has 0 bridgehead atoms. The first-order valence-corrected chi connectivity index (χ1v) is 8.64. The average Bonchev–Trinajstić information content (AvgIpc) is 3.03. The molecule has 0 amide bonds. The number of anilines is 1. The minimum absolute atomic E-state index is 0.257. The fourth-order valence-electron chi connectivity index (χ4n) is 4.68. The van der Waals surface area contributed by atoms with Gasteiger partial charge in [-0.15, -0.1) is 0 Å². The zero-order chi connectivity index (χ0) is 16.8. The molecule has 1 aliphatic carbocycles. The van der Waals surface area contributed by atoms with Crippen LogP contribution in [0.4, 0.5) is 5.69 Å². The molecule has 3 unspecified atom stereocenters. The molecule has 2 aliphatic rings. The third-order valence-corrected chi connectivity index (χ3v) is 5.57. The maximum absolute atomic E-state index is 9.53. The molecule has 2 nitrogen and oxygen atoms in total. The molecule has 4 rings (SSSR count). The fraction of sp³-hybridized carbons (Fsp3) is 0.318. The third-order valence-electron chi connectivity index (χ3n) is 5.57. The molecule has 2 aromatic rings. The summed E-state index contributed by atoms with van der Waals surface area (Å²) in [5.74, 6) is 0.922. The van der Waals surface area contributed by atoms with Crippen LogP contribution in [0.5, 0.6) is 0 Å². The van der Waals surface area contributed by atoms with Crippen molar-refractivity contribution < 1.29 is 0 Å². The molecule has 0 spiro atoms. The molecule has 3 atom stereocenters. The Balaban J connectivity index is 1.89. The summed E-state index contributed by atoms with van der Waals surface area (Å²) in [6.07, 6.45) is 5.72. The molecule has 2 heteroatoms. The molecule has 1 aliphatic heterocycles. The topological polar surface area (TPSA) is 35.8 Å². The van der Waals surface area contributed by atoms with Gasteiger partial charge >= 0.3 is 0 Å². The van der Waals surface area contributed by atoms with Gasteiger partial charge in [0.25, 0.3) is 0 Å². The quantitative estimate of drug-likeness (QED) is 0.724. The van der Waals surface area contributed by atoms with Gasteiger partial charge in [-0.1, -0.05) is 42.0 Å². The zero-order valence-corrected chi connectivity index (χ0v) is 14.4. The van der Waals surface area contributed by atoms with Gasteiger partial charge in [0, 0.05) is 5.92 Å². The second kappa shape index (κ2) is 5.53.